The molecule has 6 heteroatoms. The first-order valence-corrected chi connectivity index (χ1v) is 6.01. The number of aromatic nitrogens is 1. The van der Waals surface area contributed by atoms with Crippen LogP contribution in [0.1, 0.15) is 22.5 Å². The van der Waals surface area contributed by atoms with Gasteiger partial charge in [0.05, 0.1) is 5.92 Å². The fourth-order valence-electron chi connectivity index (χ4n) is 2.08. The van der Waals surface area contributed by atoms with Gasteiger partial charge in [0, 0.05) is 24.3 Å². The highest BCUT2D eigenvalue weighted by atomic mass is 35.5. The number of carboxylic acid groups (broad SMARTS) is 1. The molecule has 1 aliphatic heterocycles. The average Bonchev–Trinajstić information content (AvgIpc) is 2.75. The van der Waals surface area contributed by atoms with Gasteiger partial charge in [-0.05, 0) is 25.5 Å². The SMILES string of the molecule is Cc1cc(C(=O)N2CCC(C(=O)O)C2)cc(Cl)n1. The van der Waals surface area contributed by atoms with Crippen LogP contribution >= 0.6 is 11.6 Å². The van der Waals surface area contributed by atoms with E-state index in [0.29, 0.717) is 24.2 Å². The molecule has 2 heterocycles. The number of nitrogens with zero attached hydrogens (tertiary/aromatic N) is 2. The Morgan fingerprint density at radius 3 is 2.78 bits per heavy atom. The molecule has 0 saturated carbocycles. The van der Waals surface area contributed by atoms with Gasteiger partial charge < -0.3 is 10.0 Å². The minimum Gasteiger partial charge on any atom is -0.481 e. The van der Waals surface area contributed by atoms with Crippen molar-refractivity contribution in [3.8, 4) is 0 Å². The largest absolute Gasteiger partial charge is 0.481 e. The molecule has 2 rings (SSSR count). The first-order valence-electron chi connectivity index (χ1n) is 5.63. The third-order valence-electron chi connectivity index (χ3n) is 2.99. The van der Waals surface area contributed by atoms with Gasteiger partial charge in [-0.1, -0.05) is 11.6 Å². The molecule has 0 bridgehead atoms. The van der Waals surface area contributed by atoms with Crippen molar-refractivity contribution in [1.82, 2.24) is 9.88 Å². The Morgan fingerprint density at radius 2 is 2.22 bits per heavy atom. The van der Waals surface area contributed by atoms with Gasteiger partial charge in [0.25, 0.3) is 5.91 Å². The minimum absolute atomic E-state index is 0.189. The second-order valence-corrected chi connectivity index (χ2v) is 4.78. The van der Waals surface area contributed by atoms with E-state index in [1.165, 1.54) is 6.07 Å². The van der Waals surface area contributed by atoms with Crippen LogP contribution < -0.4 is 0 Å². The molecule has 1 atom stereocenters. The first kappa shape index (κ1) is 12.8. The number of rotatable bonds is 2. The van der Waals surface area contributed by atoms with Crippen molar-refractivity contribution < 1.29 is 14.7 Å². The number of carbonyl (C=O) groups is 2. The zero-order valence-corrected chi connectivity index (χ0v) is 10.6. The first-order chi connectivity index (χ1) is 8.47. The van der Waals surface area contributed by atoms with Gasteiger partial charge >= 0.3 is 5.97 Å². The molecule has 1 unspecified atom stereocenters. The van der Waals surface area contributed by atoms with E-state index >= 15 is 0 Å². The third kappa shape index (κ3) is 2.61. The summed E-state index contributed by atoms with van der Waals surface area (Å²) in [6.07, 6.45) is 0.499. The smallest absolute Gasteiger partial charge is 0.308 e. The van der Waals surface area contributed by atoms with Gasteiger partial charge in [-0.25, -0.2) is 4.98 Å². The number of likely N-dealkylation sites (tertiary alicyclic amines) is 1. The monoisotopic (exact) mass is 268 g/mol. The average molecular weight is 269 g/mol. The Morgan fingerprint density at radius 1 is 1.50 bits per heavy atom. The predicted octanol–water partition coefficient (Wildman–Crippen LogP) is 1.59. The lowest BCUT2D eigenvalue weighted by Gasteiger charge is -2.16. The molecular formula is C12H13ClN2O3. The molecule has 1 amide bonds. The van der Waals surface area contributed by atoms with Crippen molar-refractivity contribution in [1.29, 1.82) is 0 Å². The highest BCUT2D eigenvalue weighted by molar-refractivity contribution is 6.29. The van der Waals surface area contributed by atoms with Crippen LogP contribution in [0, 0.1) is 12.8 Å². The maximum absolute atomic E-state index is 12.2. The van der Waals surface area contributed by atoms with Crippen LogP contribution in [0.3, 0.4) is 0 Å². The number of amides is 1. The Balaban J connectivity index is 2.15. The van der Waals surface area contributed by atoms with Crippen LogP contribution in [-0.4, -0.2) is 40.0 Å². The molecule has 1 aromatic heterocycles. The molecule has 1 aromatic rings. The van der Waals surface area contributed by atoms with Crippen LogP contribution in [0.15, 0.2) is 12.1 Å². The quantitative estimate of drug-likeness (QED) is 0.827. The summed E-state index contributed by atoms with van der Waals surface area (Å²) < 4.78 is 0. The topological polar surface area (TPSA) is 70.5 Å². The molecule has 96 valence electrons. The Kier molecular flexibility index (Phi) is 3.52. The van der Waals surface area contributed by atoms with Gasteiger partial charge in [-0.3, -0.25) is 9.59 Å². The zero-order valence-electron chi connectivity index (χ0n) is 9.89. The molecule has 5 nitrogen and oxygen atoms in total. The van der Waals surface area contributed by atoms with E-state index in [1.807, 2.05) is 0 Å². The number of hydrogen-bond acceptors (Lipinski definition) is 3. The van der Waals surface area contributed by atoms with E-state index in [1.54, 1.807) is 17.9 Å². The number of carboxylic acids is 1. The molecule has 1 aliphatic rings. The van der Waals surface area contributed by atoms with Crippen molar-refractivity contribution in [2.75, 3.05) is 13.1 Å². The predicted molar refractivity (Wildman–Crippen MR) is 65.6 cm³/mol. The Labute approximate surface area is 109 Å². The summed E-state index contributed by atoms with van der Waals surface area (Å²) in [7, 11) is 0. The second kappa shape index (κ2) is 4.94. The fourth-order valence-corrected chi connectivity index (χ4v) is 2.33. The van der Waals surface area contributed by atoms with Gasteiger partial charge in [-0.15, -0.1) is 0 Å². The summed E-state index contributed by atoms with van der Waals surface area (Å²) in [5.41, 5.74) is 1.12. The third-order valence-corrected chi connectivity index (χ3v) is 3.19. The molecule has 1 fully saturated rings. The molecule has 0 aromatic carbocycles. The molecule has 1 N–H and O–H groups in total. The number of hydrogen-bond donors (Lipinski definition) is 1. The summed E-state index contributed by atoms with van der Waals surface area (Å²) in [5.74, 6) is -1.51. The number of halogens is 1. The molecule has 0 radical (unpaired) electrons. The lowest BCUT2D eigenvalue weighted by molar-refractivity contribution is -0.141. The van der Waals surface area contributed by atoms with Crippen LogP contribution in [0.5, 0.6) is 0 Å². The van der Waals surface area contributed by atoms with E-state index in [2.05, 4.69) is 4.98 Å². The molecular weight excluding hydrogens is 256 g/mol. The second-order valence-electron chi connectivity index (χ2n) is 4.39. The number of pyridine rings is 1. The van der Waals surface area contributed by atoms with Crippen LogP contribution in [-0.2, 0) is 4.79 Å². The summed E-state index contributed by atoms with van der Waals surface area (Å²) in [6, 6.07) is 3.16. The van der Waals surface area contributed by atoms with E-state index in [-0.39, 0.29) is 17.6 Å². The lowest BCUT2D eigenvalue weighted by Crippen LogP contribution is -2.30. The van der Waals surface area contributed by atoms with E-state index < -0.39 is 11.9 Å². The summed E-state index contributed by atoms with van der Waals surface area (Å²) in [4.78, 5) is 28.5. The minimum atomic E-state index is -0.853. The van der Waals surface area contributed by atoms with Gasteiger partial charge in [0.2, 0.25) is 0 Å². The number of aryl methyl sites for hydroxylation is 1. The summed E-state index contributed by atoms with van der Waals surface area (Å²) in [6.45, 7) is 2.48. The summed E-state index contributed by atoms with van der Waals surface area (Å²) in [5, 5.41) is 9.17. The van der Waals surface area contributed by atoms with Crippen molar-refractivity contribution in [3.63, 3.8) is 0 Å². The van der Waals surface area contributed by atoms with E-state index in [9.17, 15) is 9.59 Å². The van der Waals surface area contributed by atoms with Crippen LogP contribution in [0.25, 0.3) is 0 Å². The number of carbonyl (C=O) groups excluding carboxylic acids is 1. The molecule has 18 heavy (non-hydrogen) atoms. The van der Waals surface area contributed by atoms with Crippen molar-refractivity contribution >= 4 is 23.5 Å². The maximum Gasteiger partial charge on any atom is 0.308 e. The van der Waals surface area contributed by atoms with E-state index in [0.717, 1.165) is 0 Å². The standard InChI is InChI=1S/C12H13ClN2O3/c1-7-4-9(5-10(13)14-7)11(16)15-3-2-8(6-15)12(17)18/h4-5,8H,2-3,6H2,1H3,(H,17,18). The molecule has 0 spiro atoms. The maximum atomic E-state index is 12.2. The molecule has 0 aliphatic carbocycles. The highest BCUT2D eigenvalue weighted by Crippen LogP contribution is 2.20. The van der Waals surface area contributed by atoms with Crippen LogP contribution in [0.2, 0.25) is 5.15 Å². The zero-order chi connectivity index (χ0) is 13.3. The van der Waals surface area contributed by atoms with Crippen molar-refractivity contribution in [2.45, 2.75) is 13.3 Å². The number of aliphatic carboxylic acids is 1. The Hall–Kier alpha value is -1.62. The van der Waals surface area contributed by atoms with Gasteiger partial charge in [-0.2, -0.15) is 0 Å². The van der Waals surface area contributed by atoms with E-state index in [4.69, 9.17) is 16.7 Å². The molecule has 1 saturated heterocycles. The lowest BCUT2D eigenvalue weighted by atomic mass is 10.1. The van der Waals surface area contributed by atoms with Crippen molar-refractivity contribution in [3.05, 3.63) is 28.5 Å². The Bertz CT molecular complexity index is 484. The van der Waals surface area contributed by atoms with Crippen LogP contribution in [0.4, 0.5) is 0 Å². The highest BCUT2D eigenvalue weighted by Gasteiger charge is 2.31. The normalized spacial score (nSPS) is 19.0. The van der Waals surface area contributed by atoms with Crippen molar-refractivity contribution in [2.24, 2.45) is 5.92 Å². The summed E-state index contributed by atoms with van der Waals surface area (Å²) >= 11 is 5.80. The fraction of sp³-hybridized carbons (Fsp3) is 0.417. The van der Waals surface area contributed by atoms with Gasteiger partial charge in [0.15, 0.2) is 0 Å². The van der Waals surface area contributed by atoms with Gasteiger partial charge in [0.1, 0.15) is 5.15 Å².